The zero-order valence-corrected chi connectivity index (χ0v) is 16.1. The van der Waals surface area contributed by atoms with E-state index < -0.39 is 0 Å². The summed E-state index contributed by atoms with van der Waals surface area (Å²) in [4.78, 5) is 14.7. The third-order valence-corrected chi connectivity index (χ3v) is 4.91. The summed E-state index contributed by atoms with van der Waals surface area (Å²) in [6.07, 6.45) is 1.58. The summed E-state index contributed by atoms with van der Waals surface area (Å²) in [5.74, 6) is -0.683. The number of nitrogens with one attached hydrogen (secondary N) is 1. The van der Waals surface area contributed by atoms with Gasteiger partial charge in [0.25, 0.3) is 5.91 Å². The maximum absolute atomic E-state index is 13.9. The number of amides is 1. The van der Waals surface area contributed by atoms with Crippen molar-refractivity contribution in [2.45, 2.75) is 13.1 Å². The number of para-hydroxylation sites is 1. The van der Waals surface area contributed by atoms with Crippen LogP contribution in [-0.2, 0) is 17.8 Å². The summed E-state index contributed by atoms with van der Waals surface area (Å²) < 4.78 is 20.6. The number of morpholine rings is 1. The highest BCUT2D eigenvalue weighted by Crippen LogP contribution is 2.13. The van der Waals surface area contributed by atoms with Crippen molar-refractivity contribution in [1.29, 1.82) is 0 Å². The number of hydrogen-bond acceptors (Lipinski definition) is 4. The molecule has 6 nitrogen and oxygen atoms in total. The maximum atomic E-state index is 13.9. The molecule has 1 aromatic heterocycles. The average molecular weight is 394 g/mol. The average Bonchev–Trinajstić information content (AvgIpc) is 3.24. The van der Waals surface area contributed by atoms with Crippen LogP contribution in [0.1, 0.15) is 21.6 Å². The van der Waals surface area contributed by atoms with E-state index in [1.165, 1.54) is 16.3 Å². The fraction of sp³-hybridized carbons (Fsp3) is 0.273. The zero-order valence-electron chi connectivity index (χ0n) is 16.1. The predicted octanol–water partition coefficient (Wildman–Crippen LogP) is 2.77. The molecule has 2 heterocycles. The van der Waals surface area contributed by atoms with Gasteiger partial charge in [0.05, 0.1) is 13.2 Å². The van der Waals surface area contributed by atoms with Crippen molar-refractivity contribution < 1.29 is 13.9 Å². The van der Waals surface area contributed by atoms with Crippen molar-refractivity contribution in [2.24, 2.45) is 0 Å². The van der Waals surface area contributed by atoms with Gasteiger partial charge in [-0.05, 0) is 29.3 Å². The lowest BCUT2D eigenvalue weighted by Gasteiger charge is -2.26. The summed E-state index contributed by atoms with van der Waals surface area (Å²) in [6.45, 7) is 4.80. The number of carbonyl (C=O) groups excluding carboxylic acids is 1. The van der Waals surface area contributed by atoms with E-state index >= 15 is 0 Å². The molecule has 1 fully saturated rings. The number of benzene rings is 2. The van der Waals surface area contributed by atoms with Crippen LogP contribution in [0.4, 0.5) is 4.39 Å². The topological polar surface area (TPSA) is 59.4 Å². The summed E-state index contributed by atoms with van der Waals surface area (Å²) >= 11 is 0. The van der Waals surface area contributed by atoms with Gasteiger partial charge in [-0.1, -0.05) is 36.4 Å². The lowest BCUT2D eigenvalue weighted by atomic mass is 10.1. The van der Waals surface area contributed by atoms with Gasteiger partial charge in [-0.25, -0.2) is 9.07 Å². The minimum Gasteiger partial charge on any atom is -0.379 e. The Morgan fingerprint density at radius 2 is 1.76 bits per heavy atom. The van der Waals surface area contributed by atoms with E-state index in [1.54, 1.807) is 30.5 Å². The molecular weight excluding hydrogens is 371 g/mol. The van der Waals surface area contributed by atoms with Gasteiger partial charge in [0.1, 0.15) is 11.5 Å². The highest BCUT2D eigenvalue weighted by Gasteiger charge is 2.13. The Bertz CT molecular complexity index is 965. The van der Waals surface area contributed by atoms with E-state index in [0.29, 0.717) is 12.2 Å². The Morgan fingerprint density at radius 3 is 2.52 bits per heavy atom. The molecule has 7 heteroatoms. The fourth-order valence-electron chi connectivity index (χ4n) is 3.27. The third kappa shape index (κ3) is 4.88. The fourth-order valence-corrected chi connectivity index (χ4v) is 3.27. The first kappa shape index (κ1) is 19.3. The number of hydrogen-bond donors (Lipinski definition) is 1. The number of carbonyl (C=O) groups is 1. The van der Waals surface area contributed by atoms with E-state index in [1.807, 2.05) is 12.1 Å². The van der Waals surface area contributed by atoms with Gasteiger partial charge in [-0.15, -0.1) is 0 Å². The van der Waals surface area contributed by atoms with Crippen LogP contribution in [0.15, 0.2) is 60.8 Å². The van der Waals surface area contributed by atoms with E-state index in [2.05, 4.69) is 27.4 Å². The molecule has 0 unspecified atom stereocenters. The minimum absolute atomic E-state index is 0.247. The zero-order chi connectivity index (χ0) is 20.1. The van der Waals surface area contributed by atoms with Crippen molar-refractivity contribution in [3.63, 3.8) is 0 Å². The van der Waals surface area contributed by atoms with Crippen molar-refractivity contribution in [1.82, 2.24) is 20.0 Å². The van der Waals surface area contributed by atoms with E-state index in [0.717, 1.165) is 38.4 Å². The van der Waals surface area contributed by atoms with Crippen LogP contribution < -0.4 is 5.32 Å². The molecular formula is C22H23FN4O2. The van der Waals surface area contributed by atoms with Gasteiger partial charge in [0.15, 0.2) is 5.69 Å². The van der Waals surface area contributed by atoms with Gasteiger partial charge in [-0.3, -0.25) is 9.69 Å². The molecule has 0 atom stereocenters. The molecule has 1 aliphatic heterocycles. The van der Waals surface area contributed by atoms with Crippen LogP contribution in [-0.4, -0.2) is 46.9 Å². The Balaban J connectivity index is 1.32. The number of nitrogens with zero attached hydrogens (tertiary/aromatic N) is 3. The van der Waals surface area contributed by atoms with Crippen LogP contribution in [0, 0.1) is 5.82 Å². The highest BCUT2D eigenvalue weighted by atomic mass is 19.1. The second-order valence-electron chi connectivity index (χ2n) is 6.98. The van der Waals surface area contributed by atoms with E-state index in [9.17, 15) is 9.18 Å². The van der Waals surface area contributed by atoms with Crippen LogP contribution in [0.25, 0.3) is 5.69 Å². The molecule has 0 radical (unpaired) electrons. The number of aromatic nitrogens is 2. The van der Waals surface area contributed by atoms with Crippen molar-refractivity contribution in [3.05, 3.63) is 83.4 Å². The summed E-state index contributed by atoms with van der Waals surface area (Å²) in [5.41, 5.74) is 2.81. The van der Waals surface area contributed by atoms with Crippen molar-refractivity contribution in [2.75, 3.05) is 26.3 Å². The molecule has 0 aliphatic carbocycles. The largest absolute Gasteiger partial charge is 0.379 e. The summed E-state index contributed by atoms with van der Waals surface area (Å²) in [5, 5.41) is 7.04. The second-order valence-corrected chi connectivity index (χ2v) is 6.98. The Hall–Kier alpha value is -3.03. The van der Waals surface area contributed by atoms with Crippen molar-refractivity contribution in [3.8, 4) is 5.69 Å². The van der Waals surface area contributed by atoms with Gasteiger partial charge < -0.3 is 10.1 Å². The Kier molecular flexibility index (Phi) is 5.97. The van der Waals surface area contributed by atoms with Gasteiger partial charge in [-0.2, -0.15) is 5.10 Å². The van der Waals surface area contributed by atoms with Crippen LogP contribution >= 0.6 is 0 Å². The molecule has 1 saturated heterocycles. The molecule has 2 aromatic carbocycles. The van der Waals surface area contributed by atoms with Crippen LogP contribution in [0.3, 0.4) is 0 Å². The monoisotopic (exact) mass is 394 g/mol. The normalized spacial score (nSPS) is 14.7. The van der Waals surface area contributed by atoms with Gasteiger partial charge >= 0.3 is 0 Å². The number of ether oxygens (including phenoxy) is 1. The van der Waals surface area contributed by atoms with Crippen LogP contribution in [0.2, 0.25) is 0 Å². The lowest BCUT2D eigenvalue weighted by molar-refractivity contribution is 0.0342. The number of halogens is 1. The molecule has 1 amide bonds. The molecule has 4 rings (SSSR count). The second kappa shape index (κ2) is 8.98. The summed E-state index contributed by atoms with van der Waals surface area (Å²) in [6, 6.07) is 16.1. The maximum Gasteiger partial charge on any atom is 0.272 e. The first-order chi connectivity index (χ1) is 14.2. The lowest BCUT2D eigenvalue weighted by Crippen LogP contribution is -2.35. The smallest absolute Gasteiger partial charge is 0.272 e. The molecule has 29 heavy (non-hydrogen) atoms. The molecule has 3 aromatic rings. The van der Waals surface area contributed by atoms with Gasteiger partial charge in [0.2, 0.25) is 0 Å². The molecule has 0 spiro atoms. The highest BCUT2D eigenvalue weighted by molar-refractivity contribution is 5.92. The summed E-state index contributed by atoms with van der Waals surface area (Å²) in [7, 11) is 0. The van der Waals surface area contributed by atoms with Crippen molar-refractivity contribution >= 4 is 5.91 Å². The molecule has 0 bridgehead atoms. The molecule has 1 aliphatic rings. The van der Waals surface area contributed by atoms with E-state index in [-0.39, 0.29) is 17.4 Å². The van der Waals surface area contributed by atoms with Gasteiger partial charge in [0, 0.05) is 32.4 Å². The molecule has 150 valence electrons. The molecule has 0 saturated carbocycles. The van der Waals surface area contributed by atoms with Crippen LogP contribution in [0.5, 0.6) is 0 Å². The van der Waals surface area contributed by atoms with E-state index in [4.69, 9.17) is 4.74 Å². The SMILES string of the molecule is O=C(NCc1ccc(CN2CCOCC2)cc1)c1ccn(-c2ccccc2F)n1. The minimum atomic E-state index is -0.389. The predicted molar refractivity (Wildman–Crippen MR) is 107 cm³/mol. The third-order valence-electron chi connectivity index (χ3n) is 4.91. The quantitative estimate of drug-likeness (QED) is 0.699. The first-order valence-corrected chi connectivity index (χ1v) is 9.66. The standard InChI is InChI=1S/C22H23FN4O2/c23-19-3-1-2-4-21(19)27-10-9-20(25-27)22(28)24-15-17-5-7-18(8-6-17)16-26-11-13-29-14-12-26/h1-10H,11-16H2,(H,24,28). The Labute approximate surface area is 168 Å². The Morgan fingerprint density at radius 1 is 1.03 bits per heavy atom. The first-order valence-electron chi connectivity index (χ1n) is 9.66. The number of rotatable bonds is 6. The molecule has 1 N–H and O–H groups in total.